The van der Waals surface area contributed by atoms with Gasteiger partial charge in [-0.05, 0) is 30.3 Å². The summed E-state index contributed by atoms with van der Waals surface area (Å²) >= 11 is 0. The predicted molar refractivity (Wildman–Crippen MR) is 97.5 cm³/mol. The van der Waals surface area contributed by atoms with Gasteiger partial charge in [-0.1, -0.05) is 18.2 Å². The van der Waals surface area contributed by atoms with Crippen molar-refractivity contribution in [2.75, 3.05) is 36.4 Å². The average Bonchev–Trinajstić information content (AvgIpc) is 3.04. The number of halogens is 1. The van der Waals surface area contributed by atoms with E-state index in [0.29, 0.717) is 24.3 Å². The van der Waals surface area contributed by atoms with E-state index in [2.05, 4.69) is 27.3 Å². The second kappa shape index (κ2) is 6.47. The summed E-state index contributed by atoms with van der Waals surface area (Å²) in [6.07, 6.45) is 1.70. The van der Waals surface area contributed by atoms with Crippen LogP contribution in [-0.2, 0) is 0 Å². The van der Waals surface area contributed by atoms with Gasteiger partial charge in [0.25, 0.3) is 0 Å². The highest BCUT2D eigenvalue weighted by atomic mass is 19.1. The largest absolute Gasteiger partial charge is 0.368 e. The van der Waals surface area contributed by atoms with Crippen LogP contribution in [0.3, 0.4) is 0 Å². The molecule has 2 heterocycles. The average molecular weight is 338 g/mol. The van der Waals surface area contributed by atoms with Crippen LogP contribution in [0.1, 0.15) is 0 Å². The maximum Gasteiger partial charge on any atom is 0.322 e. The molecule has 128 valence electrons. The van der Waals surface area contributed by atoms with Crippen LogP contribution in [-0.4, -0.2) is 42.1 Å². The molecule has 1 aliphatic heterocycles. The van der Waals surface area contributed by atoms with Crippen molar-refractivity contribution in [1.82, 2.24) is 9.88 Å². The van der Waals surface area contributed by atoms with E-state index in [9.17, 15) is 9.18 Å². The molecular formula is C19H19FN4O. The molecule has 0 bridgehead atoms. The number of fused-ring (bicyclic) bond motifs is 1. The first-order valence-electron chi connectivity index (χ1n) is 8.33. The fourth-order valence-corrected chi connectivity index (χ4v) is 3.20. The molecule has 1 aromatic heterocycles. The van der Waals surface area contributed by atoms with E-state index in [1.54, 1.807) is 12.3 Å². The topological polar surface area (TPSA) is 51.4 Å². The van der Waals surface area contributed by atoms with Gasteiger partial charge in [0.1, 0.15) is 5.82 Å². The second-order valence-corrected chi connectivity index (χ2v) is 6.13. The Labute approximate surface area is 145 Å². The first-order chi connectivity index (χ1) is 12.2. The van der Waals surface area contributed by atoms with Crippen molar-refractivity contribution < 1.29 is 9.18 Å². The smallest absolute Gasteiger partial charge is 0.322 e. The Bertz CT molecular complexity index is 885. The molecule has 1 fully saturated rings. The van der Waals surface area contributed by atoms with Crippen molar-refractivity contribution in [3.8, 4) is 0 Å². The Morgan fingerprint density at radius 2 is 1.80 bits per heavy atom. The molecule has 2 aromatic carbocycles. The van der Waals surface area contributed by atoms with Gasteiger partial charge in [0, 0.05) is 43.4 Å². The van der Waals surface area contributed by atoms with Crippen LogP contribution in [0.4, 0.5) is 20.6 Å². The van der Waals surface area contributed by atoms with Gasteiger partial charge >= 0.3 is 6.03 Å². The molecule has 0 unspecified atom stereocenters. The van der Waals surface area contributed by atoms with Crippen molar-refractivity contribution >= 4 is 28.3 Å². The van der Waals surface area contributed by atoms with Gasteiger partial charge in [-0.2, -0.15) is 0 Å². The third kappa shape index (κ3) is 3.15. The SMILES string of the molecule is O=C(Nc1c[nH]c2cc(F)ccc12)N1CCN(c2ccccc2)CC1. The number of benzene rings is 2. The second-order valence-electron chi connectivity index (χ2n) is 6.13. The van der Waals surface area contributed by atoms with E-state index in [-0.39, 0.29) is 11.8 Å². The molecule has 4 rings (SSSR count). The van der Waals surface area contributed by atoms with E-state index in [1.807, 2.05) is 23.1 Å². The molecule has 1 aliphatic rings. The fourth-order valence-electron chi connectivity index (χ4n) is 3.20. The van der Waals surface area contributed by atoms with Gasteiger partial charge in [-0.25, -0.2) is 9.18 Å². The zero-order valence-electron chi connectivity index (χ0n) is 13.7. The number of H-pyrrole nitrogens is 1. The van der Waals surface area contributed by atoms with E-state index >= 15 is 0 Å². The van der Waals surface area contributed by atoms with Gasteiger partial charge in [-0.3, -0.25) is 0 Å². The molecule has 3 aromatic rings. The van der Waals surface area contributed by atoms with Gasteiger partial charge in [0.05, 0.1) is 11.2 Å². The molecule has 0 saturated carbocycles. The summed E-state index contributed by atoms with van der Waals surface area (Å²) in [5, 5.41) is 3.73. The number of hydrogen-bond donors (Lipinski definition) is 2. The Morgan fingerprint density at radius 1 is 1.04 bits per heavy atom. The minimum absolute atomic E-state index is 0.127. The summed E-state index contributed by atoms with van der Waals surface area (Å²) < 4.78 is 13.3. The summed E-state index contributed by atoms with van der Waals surface area (Å²) in [4.78, 5) is 19.6. The zero-order chi connectivity index (χ0) is 17.2. The molecular weight excluding hydrogens is 319 g/mol. The van der Waals surface area contributed by atoms with Gasteiger partial charge in [-0.15, -0.1) is 0 Å². The Kier molecular flexibility index (Phi) is 4.01. The number of rotatable bonds is 2. The fraction of sp³-hybridized carbons (Fsp3) is 0.211. The van der Waals surface area contributed by atoms with Crippen LogP contribution >= 0.6 is 0 Å². The van der Waals surface area contributed by atoms with Crippen LogP contribution in [0.5, 0.6) is 0 Å². The van der Waals surface area contributed by atoms with Crippen molar-refractivity contribution in [1.29, 1.82) is 0 Å². The summed E-state index contributed by atoms with van der Waals surface area (Å²) in [7, 11) is 0. The molecule has 1 saturated heterocycles. The number of anilines is 2. The van der Waals surface area contributed by atoms with Crippen LogP contribution in [0.15, 0.2) is 54.7 Å². The molecule has 2 amide bonds. The molecule has 0 aliphatic carbocycles. The lowest BCUT2D eigenvalue weighted by Crippen LogP contribution is -2.50. The first-order valence-corrected chi connectivity index (χ1v) is 8.33. The Balaban J connectivity index is 1.40. The van der Waals surface area contributed by atoms with Crippen LogP contribution in [0.2, 0.25) is 0 Å². The number of urea groups is 1. The van der Waals surface area contributed by atoms with E-state index in [4.69, 9.17) is 0 Å². The Hall–Kier alpha value is -3.02. The predicted octanol–water partition coefficient (Wildman–Crippen LogP) is 3.66. The molecule has 0 radical (unpaired) electrons. The normalized spacial score (nSPS) is 14.8. The highest BCUT2D eigenvalue weighted by Gasteiger charge is 2.21. The number of piperazine rings is 1. The van der Waals surface area contributed by atoms with Crippen molar-refractivity contribution in [3.63, 3.8) is 0 Å². The lowest BCUT2D eigenvalue weighted by Gasteiger charge is -2.36. The summed E-state index contributed by atoms with van der Waals surface area (Å²) in [5.41, 5.74) is 2.52. The zero-order valence-corrected chi connectivity index (χ0v) is 13.7. The number of carbonyl (C=O) groups excluding carboxylic acids is 1. The number of para-hydroxylation sites is 1. The maximum atomic E-state index is 13.3. The molecule has 25 heavy (non-hydrogen) atoms. The number of carbonyl (C=O) groups is 1. The number of nitrogens with one attached hydrogen (secondary N) is 2. The molecule has 2 N–H and O–H groups in total. The summed E-state index contributed by atoms with van der Waals surface area (Å²) in [6.45, 7) is 2.93. The molecule has 0 spiro atoms. The number of nitrogens with zero attached hydrogens (tertiary/aromatic N) is 2. The minimum Gasteiger partial charge on any atom is -0.368 e. The lowest BCUT2D eigenvalue weighted by molar-refractivity contribution is 0.208. The lowest BCUT2D eigenvalue weighted by atomic mass is 10.2. The number of aromatic nitrogens is 1. The number of hydrogen-bond acceptors (Lipinski definition) is 2. The molecule has 0 atom stereocenters. The minimum atomic E-state index is -0.302. The standard InChI is InChI=1S/C19H19FN4O/c20-14-6-7-16-17(12-14)21-13-18(16)22-19(25)24-10-8-23(9-11-24)15-4-2-1-3-5-15/h1-7,12-13,21H,8-11H2,(H,22,25). The molecule has 5 nitrogen and oxygen atoms in total. The van der Waals surface area contributed by atoms with Crippen molar-refractivity contribution in [2.24, 2.45) is 0 Å². The van der Waals surface area contributed by atoms with E-state index < -0.39 is 0 Å². The highest BCUT2D eigenvalue weighted by molar-refractivity contribution is 6.01. The van der Waals surface area contributed by atoms with Crippen molar-refractivity contribution in [3.05, 3.63) is 60.5 Å². The third-order valence-electron chi connectivity index (χ3n) is 4.57. The summed E-state index contributed by atoms with van der Waals surface area (Å²) in [6, 6.07) is 14.6. The van der Waals surface area contributed by atoms with Crippen LogP contribution in [0, 0.1) is 5.82 Å². The van der Waals surface area contributed by atoms with Crippen LogP contribution < -0.4 is 10.2 Å². The number of amides is 2. The highest BCUT2D eigenvalue weighted by Crippen LogP contribution is 2.24. The van der Waals surface area contributed by atoms with Gasteiger partial charge in [0.15, 0.2) is 0 Å². The van der Waals surface area contributed by atoms with Gasteiger partial charge < -0.3 is 20.1 Å². The first kappa shape index (κ1) is 15.5. The van der Waals surface area contributed by atoms with Crippen LogP contribution in [0.25, 0.3) is 10.9 Å². The molecule has 6 heteroatoms. The van der Waals surface area contributed by atoms with E-state index in [0.717, 1.165) is 18.5 Å². The maximum absolute atomic E-state index is 13.3. The van der Waals surface area contributed by atoms with E-state index in [1.165, 1.54) is 17.8 Å². The van der Waals surface area contributed by atoms with Gasteiger partial charge in [0.2, 0.25) is 0 Å². The Morgan fingerprint density at radius 3 is 2.56 bits per heavy atom. The summed E-state index contributed by atoms with van der Waals surface area (Å²) in [5.74, 6) is -0.302. The van der Waals surface area contributed by atoms with Crippen molar-refractivity contribution in [2.45, 2.75) is 0 Å². The quantitative estimate of drug-likeness (QED) is 0.749. The monoisotopic (exact) mass is 338 g/mol. The third-order valence-corrected chi connectivity index (χ3v) is 4.57. The number of aromatic amines is 1.